The summed E-state index contributed by atoms with van der Waals surface area (Å²) >= 11 is 0. The van der Waals surface area contributed by atoms with Crippen LogP contribution in [-0.4, -0.2) is 27.3 Å². The first kappa shape index (κ1) is 12.0. The van der Waals surface area contributed by atoms with Crippen molar-refractivity contribution in [3.8, 4) is 0 Å². The van der Waals surface area contributed by atoms with E-state index in [1.807, 2.05) is 23.1 Å². The zero-order chi connectivity index (χ0) is 13.1. The van der Waals surface area contributed by atoms with Crippen LogP contribution in [0.5, 0.6) is 0 Å². The van der Waals surface area contributed by atoms with E-state index in [1.165, 1.54) is 5.56 Å². The van der Waals surface area contributed by atoms with Gasteiger partial charge in [0.1, 0.15) is 5.82 Å². The Morgan fingerprint density at radius 1 is 1.32 bits per heavy atom. The molecule has 3 rings (SSSR count). The number of piperidine rings is 1. The lowest BCUT2D eigenvalue weighted by Gasteiger charge is -2.31. The SMILES string of the molecule is O=C1CC(c2ccccc2)CCN1Cc1ncc[nH]1. The molecule has 4 heteroatoms. The summed E-state index contributed by atoms with van der Waals surface area (Å²) in [7, 11) is 0. The minimum atomic E-state index is 0.219. The van der Waals surface area contributed by atoms with Crippen molar-refractivity contribution in [3.05, 3.63) is 54.1 Å². The Morgan fingerprint density at radius 2 is 2.16 bits per heavy atom. The van der Waals surface area contributed by atoms with E-state index < -0.39 is 0 Å². The number of H-pyrrole nitrogens is 1. The largest absolute Gasteiger partial charge is 0.347 e. The summed E-state index contributed by atoms with van der Waals surface area (Å²) in [6.45, 7) is 1.40. The molecule has 1 saturated heterocycles. The molecule has 1 unspecified atom stereocenters. The van der Waals surface area contributed by atoms with Gasteiger partial charge in [-0.3, -0.25) is 4.79 Å². The zero-order valence-electron chi connectivity index (χ0n) is 10.7. The van der Waals surface area contributed by atoms with Crippen molar-refractivity contribution in [1.82, 2.24) is 14.9 Å². The predicted molar refractivity (Wildman–Crippen MR) is 72.4 cm³/mol. The van der Waals surface area contributed by atoms with Crippen molar-refractivity contribution < 1.29 is 4.79 Å². The molecule has 1 aliphatic heterocycles. The van der Waals surface area contributed by atoms with E-state index in [-0.39, 0.29) is 5.91 Å². The molecule has 1 amide bonds. The van der Waals surface area contributed by atoms with Crippen LogP contribution >= 0.6 is 0 Å². The number of amides is 1. The molecule has 19 heavy (non-hydrogen) atoms. The van der Waals surface area contributed by atoms with E-state index in [1.54, 1.807) is 12.4 Å². The third-order valence-electron chi connectivity index (χ3n) is 3.69. The molecule has 0 bridgehead atoms. The van der Waals surface area contributed by atoms with Crippen molar-refractivity contribution in [3.63, 3.8) is 0 Å². The highest BCUT2D eigenvalue weighted by Crippen LogP contribution is 2.28. The summed E-state index contributed by atoms with van der Waals surface area (Å²) in [5.74, 6) is 1.43. The molecule has 0 aliphatic carbocycles. The van der Waals surface area contributed by atoms with Crippen molar-refractivity contribution in [1.29, 1.82) is 0 Å². The molecule has 0 radical (unpaired) electrons. The topological polar surface area (TPSA) is 49.0 Å². The minimum Gasteiger partial charge on any atom is -0.347 e. The van der Waals surface area contributed by atoms with Crippen LogP contribution in [0.1, 0.15) is 30.1 Å². The predicted octanol–water partition coefficient (Wildman–Crippen LogP) is 2.32. The average Bonchev–Trinajstić information content (AvgIpc) is 2.95. The fourth-order valence-electron chi connectivity index (χ4n) is 2.62. The lowest BCUT2D eigenvalue weighted by atomic mass is 9.89. The van der Waals surface area contributed by atoms with Crippen LogP contribution in [0.4, 0.5) is 0 Å². The Hall–Kier alpha value is -2.10. The number of nitrogens with one attached hydrogen (secondary N) is 1. The van der Waals surface area contributed by atoms with E-state index in [4.69, 9.17) is 0 Å². The molecule has 1 fully saturated rings. The number of imidazole rings is 1. The van der Waals surface area contributed by atoms with Crippen LogP contribution in [0.15, 0.2) is 42.7 Å². The summed E-state index contributed by atoms with van der Waals surface area (Å²) < 4.78 is 0. The molecule has 1 aliphatic rings. The number of hydrogen-bond donors (Lipinski definition) is 1. The van der Waals surface area contributed by atoms with Gasteiger partial charge in [0, 0.05) is 25.4 Å². The van der Waals surface area contributed by atoms with Gasteiger partial charge in [-0.2, -0.15) is 0 Å². The van der Waals surface area contributed by atoms with Crippen molar-refractivity contribution in [2.75, 3.05) is 6.54 Å². The minimum absolute atomic E-state index is 0.219. The van der Waals surface area contributed by atoms with Gasteiger partial charge in [0.15, 0.2) is 0 Å². The fraction of sp³-hybridized carbons (Fsp3) is 0.333. The van der Waals surface area contributed by atoms with Crippen LogP contribution in [0, 0.1) is 0 Å². The normalized spacial score (nSPS) is 19.7. The molecule has 1 N–H and O–H groups in total. The monoisotopic (exact) mass is 255 g/mol. The Balaban J connectivity index is 1.64. The molecule has 2 heterocycles. The Kier molecular flexibility index (Phi) is 3.31. The van der Waals surface area contributed by atoms with Gasteiger partial charge in [0.25, 0.3) is 0 Å². The van der Waals surface area contributed by atoms with Gasteiger partial charge in [0.2, 0.25) is 5.91 Å². The number of aromatic nitrogens is 2. The molecular formula is C15H17N3O. The Morgan fingerprint density at radius 3 is 2.84 bits per heavy atom. The molecule has 1 aromatic carbocycles. The van der Waals surface area contributed by atoms with Gasteiger partial charge in [-0.15, -0.1) is 0 Å². The van der Waals surface area contributed by atoms with Crippen molar-refractivity contribution in [2.24, 2.45) is 0 Å². The second-order valence-corrected chi connectivity index (χ2v) is 4.95. The number of hydrogen-bond acceptors (Lipinski definition) is 2. The molecule has 1 aromatic heterocycles. The van der Waals surface area contributed by atoms with E-state index in [0.717, 1.165) is 18.8 Å². The number of likely N-dealkylation sites (tertiary alicyclic amines) is 1. The first-order valence-corrected chi connectivity index (χ1v) is 6.64. The van der Waals surface area contributed by atoms with Gasteiger partial charge in [-0.25, -0.2) is 4.98 Å². The third-order valence-corrected chi connectivity index (χ3v) is 3.69. The molecular weight excluding hydrogens is 238 g/mol. The van der Waals surface area contributed by atoms with Crippen molar-refractivity contribution >= 4 is 5.91 Å². The lowest BCUT2D eigenvalue weighted by molar-refractivity contribution is -0.134. The number of carbonyl (C=O) groups excluding carboxylic acids is 1. The standard InChI is InChI=1S/C15H17N3O/c19-15-10-13(12-4-2-1-3-5-12)6-9-18(15)11-14-16-7-8-17-14/h1-5,7-8,13H,6,9-11H2,(H,16,17). The van der Waals surface area contributed by atoms with Crippen molar-refractivity contribution in [2.45, 2.75) is 25.3 Å². The van der Waals surface area contributed by atoms with E-state index >= 15 is 0 Å². The average molecular weight is 255 g/mol. The maximum atomic E-state index is 12.2. The summed E-state index contributed by atoms with van der Waals surface area (Å²) in [6, 6.07) is 10.3. The lowest BCUT2D eigenvalue weighted by Crippen LogP contribution is -2.37. The van der Waals surface area contributed by atoms with Gasteiger partial charge in [0.05, 0.1) is 6.54 Å². The quantitative estimate of drug-likeness (QED) is 0.915. The third kappa shape index (κ3) is 2.67. The van der Waals surface area contributed by atoms with Crippen LogP contribution in [0.2, 0.25) is 0 Å². The number of benzene rings is 1. The van der Waals surface area contributed by atoms with Gasteiger partial charge in [-0.1, -0.05) is 30.3 Å². The molecule has 98 valence electrons. The number of rotatable bonds is 3. The van der Waals surface area contributed by atoms with E-state index in [9.17, 15) is 4.79 Å². The van der Waals surface area contributed by atoms with Crippen LogP contribution < -0.4 is 0 Å². The summed E-state index contributed by atoms with van der Waals surface area (Å²) in [4.78, 5) is 21.3. The maximum absolute atomic E-state index is 12.2. The second kappa shape index (κ2) is 5.26. The molecule has 0 saturated carbocycles. The van der Waals surface area contributed by atoms with Gasteiger partial charge < -0.3 is 9.88 Å². The Labute approximate surface area is 112 Å². The smallest absolute Gasteiger partial charge is 0.223 e. The summed E-state index contributed by atoms with van der Waals surface area (Å²) in [6.07, 6.45) is 5.13. The second-order valence-electron chi connectivity index (χ2n) is 4.95. The highest BCUT2D eigenvalue weighted by Gasteiger charge is 2.26. The van der Waals surface area contributed by atoms with E-state index in [0.29, 0.717) is 18.9 Å². The van der Waals surface area contributed by atoms with Crippen LogP contribution in [-0.2, 0) is 11.3 Å². The van der Waals surface area contributed by atoms with Crippen LogP contribution in [0.25, 0.3) is 0 Å². The van der Waals surface area contributed by atoms with Gasteiger partial charge in [-0.05, 0) is 17.9 Å². The Bertz CT molecular complexity index is 536. The number of carbonyl (C=O) groups is 1. The number of nitrogens with zero attached hydrogens (tertiary/aromatic N) is 2. The molecule has 0 spiro atoms. The highest BCUT2D eigenvalue weighted by molar-refractivity contribution is 5.78. The molecule has 2 aromatic rings. The summed E-state index contributed by atoms with van der Waals surface area (Å²) in [5, 5.41) is 0. The first-order chi connectivity index (χ1) is 9.33. The number of aromatic amines is 1. The van der Waals surface area contributed by atoms with Gasteiger partial charge >= 0.3 is 0 Å². The molecule has 4 nitrogen and oxygen atoms in total. The highest BCUT2D eigenvalue weighted by atomic mass is 16.2. The van der Waals surface area contributed by atoms with E-state index in [2.05, 4.69) is 22.1 Å². The first-order valence-electron chi connectivity index (χ1n) is 6.64. The molecule has 1 atom stereocenters. The zero-order valence-corrected chi connectivity index (χ0v) is 10.7. The summed E-state index contributed by atoms with van der Waals surface area (Å²) in [5.41, 5.74) is 1.27. The van der Waals surface area contributed by atoms with Crippen LogP contribution in [0.3, 0.4) is 0 Å². The fourth-order valence-corrected chi connectivity index (χ4v) is 2.62. The maximum Gasteiger partial charge on any atom is 0.223 e.